The first-order valence-electron chi connectivity index (χ1n) is 2.59. The quantitative estimate of drug-likeness (QED) is 0.395. The second kappa shape index (κ2) is 4.80. The number of rotatable bonds is 3. The summed E-state index contributed by atoms with van der Waals surface area (Å²) in [5, 5.41) is 0. The van der Waals surface area contributed by atoms with Gasteiger partial charge in [-0.15, -0.1) is 0 Å². The molecule has 72 valence electrons. The van der Waals surface area contributed by atoms with E-state index in [1.807, 2.05) is 0 Å². The lowest BCUT2D eigenvalue weighted by atomic mass is 10.3. The molecule has 0 atom stereocenters. The minimum atomic E-state index is -4.52. The van der Waals surface area contributed by atoms with Crippen LogP contribution in [0.2, 0.25) is 0 Å². The molecule has 0 unspecified atom stereocenters. The highest BCUT2D eigenvalue weighted by atomic mass is 32.2. The van der Waals surface area contributed by atoms with Crippen molar-refractivity contribution in [1.82, 2.24) is 10.9 Å². The van der Waals surface area contributed by atoms with E-state index in [0.717, 1.165) is 6.92 Å². The van der Waals surface area contributed by atoms with Gasteiger partial charge in [0.2, 0.25) is 5.91 Å². The minimum Gasteiger partial charge on any atom is -0.344 e. The van der Waals surface area contributed by atoms with Crippen LogP contribution in [0.1, 0.15) is 13.3 Å². The molecule has 0 bridgehead atoms. The van der Waals surface area contributed by atoms with Gasteiger partial charge in [0, 0.05) is 0 Å². The summed E-state index contributed by atoms with van der Waals surface area (Å²) in [6.07, 6.45) is -0.556. The van der Waals surface area contributed by atoms with Crippen LogP contribution in [0.4, 0.5) is 0 Å². The molecule has 8 heteroatoms. The summed E-state index contributed by atoms with van der Waals surface area (Å²) < 4.78 is 29.1. The van der Waals surface area contributed by atoms with Crippen molar-refractivity contribution in [3.05, 3.63) is 0 Å². The van der Waals surface area contributed by atoms with Crippen molar-refractivity contribution >= 4 is 22.0 Å². The number of hydrogen-bond acceptors (Lipinski definition) is 5. The molecule has 0 heterocycles. The third-order valence-electron chi connectivity index (χ3n) is 0.652. The van der Waals surface area contributed by atoms with Crippen LogP contribution in [0.15, 0.2) is 0 Å². The van der Waals surface area contributed by atoms with E-state index < -0.39 is 28.4 Å². The van der Waals surface area contributed by atoms with Crippen molar-refractivity contribution in [1.29, 1.82) is 0 Å². The molecule has 12 heavy (non-hydrogen) atoms. The average Bonchev–Trinajstić information content (AvgIpc) is 1.53. The van der Waals surface area contributed by atoms with Gasteiger partial charge in [-0.1, -0.05) is 0 Å². The van der Waals surface area contributed by atoms with E-state index in [9.17, 15) is 18.0 Å². The van der Waals surface area contributed by atoms with Crippen LogP contribution in [0, 0.1) is 0 Å². The number of carbonyl (C=O) groups is 2. The average molecular weight is 198 g/mol. The third-order valence-corrected chi connectivity index (χ3v) is 1.14. The number of carbonyl (C=O) groups excluding carboxylic acids is 2. The van der Waals surface area contributed by atoms with Crippen molar-refractivity contribution in [2.75, 3.05) is 0 Å². The molecule has 0 aliphatic heterocycles. The molecule has 0 spiro atoms. The van der Waals surface area contributed by atoms with E-state index in [0.29, 0.717) is 0 Å². The van der Waals surface area contributed by atoms with Crippen molar-refractivity contribution in [2.24, 2.45) is 0 Å². The van der Waals surface area contributed by atoms with Crippen molar-refractivity contribution in [2.45, 2.75) is 13.3 Å². The molecule has 5 N–H and O–H groups in total. The highest BCUT2D eigenvalue weighted by Crippen LogP contribution is 1.83. The monoisotopic (exact) mass is 198 g/mol. The highest BCUT2D eigenvalue weighted by Gasteiger charge is 2.11. The zero-order valence-electron chi connectivity index (χ0n) is 6.40. The van der Waals surface area contributed by atoms with Crippen LogP contribution >= 0.6 is 0 Å². The summed E-state index contributed by atoms with van der Waals surface area (Å²) in [6.45, 7) is 1.13. The lowest BCUT2D eigenvalue weighted by molar-refractivity contribution is -0.126. The van der Waals surface area contributed by atoms with E-state index in [2.05, 4.69) is 0 Å². The molecule has 0 radical (unpaired) electrons. The fraction of sp³-hybridized carbons (Fsp3) is 0.500. The van der Waals surface area contributed by atoms with Crippen LogP contribution in [0.3, 0.4) is 0 Å². The Labute approximate surface area is 69.6 Å². The molecule has 0 aliphatic rings. The van der Waals surface area contributed by atoms with E-state index in [1.54, 1.807) is 0 Å². The van der Waals surface area contributed by atoms with Crippen LogP contribution in [-0.4, -0.2) is 24.7 Å². The van der Waals surface area contributed by atoms with Crippen molar-refractivity contribution < 1.29 is 22.6 Å². The highest BCUT2D eigenvalue weighted by molar-refractivity contribution is 7.84. The van der Waals surface area contributed by atoms with E-state index >= 15 is 0 Å². The van der Waals surface area contributed by atoms with Gasteiger partial charge in [-0.2, -0.15) is 8.42 Å². The van der Waals surface area contributed by atoms with Gasteiger partial charge in [0.25, 0.3) is 0 Å². The summed E-state index contributed by atoms with van der Waals surface area (Å²) in [5.41, 5.74) is 0. The van der Waals surface area contributed by atoms with E-state index in [1.165, 1.54) is 4.72 Å². The molecule has 7 nitrogen and oxygen atoms in total. The Morgan fingerprint density at radius 1 is 1.42 bits per heavy atom. The summed E-state index contributed by atoms with van der Waals surface area (Å²) in [4.78, 5) is 20.6. The molecule has 0 saturated heterocycles. The fourth-order valence-electron chi connectivity index (χ4n) is 0.406. The van der Waals surface area contributed by atoms with Crippen LogP contribution in [0.5, 0.6) is 0 Å². The Hall–Kier alpha value is -0.990. The first-order chi connectivity index (χ1) is 4.81. The largest absolute Gasteiger partial charge is 0.359 e. The van der Waals surface area contributed by atoms with Gasteiger partial charge in [-0.3, -0.25) is 14.1 Å². The minimum absolute atomic E-state index is 0. The summed E-state index contributed by atoms with van der Waals surface area (Å²) in [6, 6.07) is 0. The number of amides is 1. The Morgan fingerprint density at radius 2 is 1.83 bits per heavy atom. The normalized spacial score (nSPS) is 9.83. The van der Waals surface area contributed by atoms with Gasteiger partial charge < -0.3 is 6.15 Å². The predicted octanol–water partition coefficient (Wildman–Crippen LogP) is -0.953. The van der Waals surface area contributed by atoms with Gasteiger partial charge in [-0.25, -0.2) is 4.72 Å². The number of nitrogens with one attached hydrogen (secondary N) is 1. The molecular weight excluding hydrogens is 188 g/mol. The van der Waals surface area contributed by atoms with Crippen LogP contribution in [0.25, 0.3) is 0 Å². The Bertz CT molecular complexity index is 269. The maximum atomic E-state index is 10.4. The summed E-state index contributed by atoms with van der Waals surface area (Å²) in [7, 11) is -4.52. The zero-order chi connectivity index (χ0) is 9.07. The third kappa shape index (κ3) is 9.01. The van der Waals surface area contributed by atoms with Crippen LogP contribution < -0.4 is 10.9 Å². The van der Waals surface area contributed by atoms with Gasteiger partial charge in [0.05, 0.1) is 6.42 Å². The Morgan fingerprint density at radius 3 is 2.08 bits per heavy atom. The van der Waals surface area contributed by atoms with Gasteiger partial charge in [-0.05, 0) is 6.92 Å². The second-order valence-electron chi connectivity index (χ2n) is 1.88. The van der Waals surface area contributed by atoms with Crippen LogP contribution in [-0.2, 0) is 19.9 Å². The van der Waals surface area contributed by atoms with Gasteiger partial charge in [0.15, 0.2) is 0 Å². The number of ketones is 1. The van der Waals surface area contributed by atoms with E-state index in [4.69, 9.17) is 4.55 Å². The maximum absolute atomic E-state index is 10.4. The molecular formula is C4H10N2O5S. The zero-order valence-corrected chi connectivity index (χ0v) is 7.22. The molecule has 0 aromatic carbocycles. The molecule has 0 aromatic heterocycles. The molecule has 0 saturated carbocycles. The summed E-state index contributed by atoms with van der Waals surface area (Å²) >= 11 is 0. The summed E-state index contributed by atoms with van der Waals surface area (Å²) in [5.74, 6) is -1.52. The van der Waals surface area contributed by atoms with E-state index in [-0.39, 0.29) is 6.15 Å². The first-order valence-corrected chi connectivity index (χ1v) is 4.03. The topological polar surface area (TPSA) is 136 Å². The molecule has 0 fully saturated rings. The maximum Gasteiger partial charge on any atom is 0.359 e. The SMILES string of the molecule is CC(=O)CC(=O)NS(=O)(=O)O.N. The van der Waals surface area contributed by atoms with Crippen molar-refractivity contribution in [3.63, 3.8) is 0 Å². The molecule has 1 amide bonds. The number of Topliss-reactive ketones (excluding diaryl/α,β-unsaturated/α-hetero) is 1. The molecule has 0 aliphatic carbocycles. The lowest BCUT2D eigenvalue weighted by Gasteiger charge is -1.96. The Balaban J connectivity index is 0. The molecule has 0 aromatic rings. The lowest BCUT2D eigenvalue weighted by Crippen LogP contribution is -2.30. The second-order valence-corrected chi connectivity index (χ2v) is 3.03. The van der Waals surface area contributed by atoms with Crippen molar-refractivity contribution in [3.8, 4) is 0 Å². The fourth-order valence-corrected chi connectivity index (χ4v) is 0.766. The predicted molar refractivity (Wildman–Crippen MR) is 40.0 cm³/mol. The Kier molecular flexibility index (Phi) is 5.44. The standard InChI is InChI=1S/C4H7NO5S.H3N/c1-3(6)2-4(7)5-11(8,9)10;/h2H2,1H3,(H,5,7)(H,8,9,10);1H3. The number of hydrogen-bond donors (Lipinski definition) is 3. The molecule has 0 rings (SSSR count). The first kappa shape index (κ1) is 13.6. The van der Waals surface area contributed by atoms with Gasteiger partial charge >= 0.3 is 10.3 Å². The smallest absolute Gasteiger partial charge is 0.344 e. The van der Waals surface area contributed by atoms with Gasteiger partial charge in [0.1, 0.15) is 5.78 Å².